The maximum atomic E-state index is 11.7. The Morgan fingerprint density at radius 1 is 0.952 bits per heavy atom. The summed E-state index contributed by atoms with van der Waals surface area (Å²) >= 11 is 0. The molecule has 108 valence electrons. The SMILES string of the molecule is Cc1cccc(CNC(=O)NNC(=O)c2ccccc2)c1. The van der Waals surface area contributed by atoms with Gasteiger partial charge in [-0.05, 0) is 24.6 Å². The van der Waals surface area contributed by atoms with Crippen LogP contribution in [0.3, 0.4) is 0 Å². The molecule has 0 aliphatic rings. The van der Waals surface area contributed by atoms with Crippen molar-refractivity contribution in [2.75, 3.05) is 0 Å². The lowest BCUT2D eigenvalue weighted by atomic mass is 10.1. The predicted molar refractivity (Wildman–Crippen MR) is 80.5 cm³/mol. The van der Waals surface area contributed by atoms with E-state index in [-0.39, 0.29) is 5.91 Å². The number of carbonyl (C=O) groups excluding carboxylic acids is 2. The summed E-state index contributed by atoms with van der Waals surface area (Å²) in [6.45, 7) is 2.39. The molecular weight excluding hydrogens is 266 g/mol. The van der Waals surface area contributed by atoms with Gasteiger partial charge < -0.3 is 5.32 Å². The average molecular weight is 283 g/mol. The van der Waals surface area contributed by atoms with Crippen LogP contribution in [0, 0.1) is 6.92 Å². The maximum Gasteiger partial charge on any atom is 0.333 e. The van der Waals surface area contributed by atoms with Gasteiger partial charge in [0.1, 0.15) is 0 Å². The fraction of sp³-hybridized carbons (Fsp3) is 0.125. The van der Waals surface area contributed by atoms with Crippen molar-refractivity contribution in [3.05, 3.63) is 71.3 Å². The van der Waals surface area contributed by atoms with E-state index in [4.69, 9.17) is 0 Å². The van der Waals surface area contributed by atoms with Crippen LogP contribution in [0.15, 0.2) is 54.6 Å². The van der Waals surface area contributed by atoms with E-state index >= 15 is 0 Å². The molecule has 3 N–H and O–H groups in total. The Kier molecular flexibility index (Phi) is 4.93. The Labute approximate surface area is 123 Å². The zero-order valence-corrected chi connectivity index (χ0v) is 11.7. The number of aryl methyl sites for hydroxylation is 1. The Morgan fingerprint density at radius 2 is 1.71 bits per heavy atom. The van der Waals surface area contributed by atoms with Crippen LogP contribution in [0.25, 0.3) is 0 Å². The highest BCUT2D eigenvalue weighted by Crippen LogP contribution is 2.03. The van der Waals surface area contributed by atoms with Crippen LogP contribution in [0.2, 0.25) is 0 Å². The molecule has 3 amide bonds. The Balaban J connectivity index is 1.76. The highest BCUT2D eigenvalue weighted by atomic mass is 16.2. The monoisotopic (exact) mass is 283 g/mol. The first kappa shape index (κ1) is 14.6. The summed E-state index contributed by atoms with van der Waals surface area (Å²) in [5.74, 6) is -0.360. The van der Waals surface area contributed by atoms with Crippen molar-refractivity contribution in [3.8, 4) is 0 Å². The molecule has 0 atom stereocenters. The van der Waals surface area contributed by atoms with Gasteiger partial charge in [-0.2, -0.15) is 0 Å². The van der Waals surface area contributed by atoms with Gasteiger partial charge in [0.15, 0.2) is 0 Å². The highest BCUT2D eigenvalue weighted by Gasteiger charge is 2.06. The van der Waals surface area contributed by atoms with Gasteiger partial charge in [-0.3, -0.25) is 10.2 Å². The van der Waals surface area contributed by atoms with Crippen LogP contribution in [0.1, 0.15) is 21.5 Å². The van der Waals surface area contributed by atoms with Crippen LogP contribution >= 0.6 is 0 Å². The van der Waals surface area contributed by atoms with E-state index in [1.54, 1.807) is 24.3 Å². The topological polar surface area (TPSA) is 70.2 Å². The molecule has 0 spiro atoms. The van der Waals surface area contributed by atoms with E-state index < -0.39 is 6.03 Å². The van der Waals surface area contributed by atoms with E-state index in [9.17, 15) is 9.59 Å². The Morgan fingerprint density at radius 3 is 2.43 bits per heavy atom. The third-order valence-electron chi connectivity index (χ3n) is 2.86. The molecule has 0 aromatic heterocycles. The third kappa shape index (κ3) is 4.65. The molecule has 0 aliphatic carbocycles. The van der Waals surface area contributed by atoms with Crippen LogP contribution in [0.5, 0.6) is 0 Å². The standard InChI is InChI=1S/C16H17N3O2/c1-12-6-5-7-13(10-12)11-17-16(21)19-18-15(20)14-8-3-2-4-9-14/h2-10H,11H2,1H3,(H,18,20)(H2,17,19,21). The number of hydrogen-bond acceptors (Lipinski definition) is 2. The number of urea groups is 1. The molecule has 2 rings (SSSR count). The minimum absolute atomic E-state index is 0.360. The summed E-state index contributed by atoms with van der Waals surface area (Å²) in [5.41, 5.74) is 7.28. The van der Waals surface area contributed by atoms with Crippen molar-refractivity contribution in [2.45, 2.75) is 13.5 Å². The van der Waals surface area contributed by atoms with E-state index in [2.05, 4.69) is 16.2 Å². The van der Waals surface area contributed by atoms with Gasteiger partial charge in [0, 0.05) is 12.1 Å². The molecule has 0 saturated heterocycles. The van der Waals surface area contributed by atoms with Crippen molar-refractivity contribution < 1.29 is 9.59 Å². The lowest BCUT2D eigenvalue weighted by Gasteiger charge is -2.09. The molecule has 5 nitrogen and oxygen atoms in total. The number of amides is 3. The molecule has 2 aromatic carbocycles. The Bertz CT molecular complexity index is 626. The summed E-state index contributed by atoms with van der Waals surface area (Å²) in [4.78, 5) is 23.3. The second-order valence-electron chi connectivity index (χ2n) is 4.62. The van der Waals surface area contributed by atoms with Crippen molar-refractivity contribution >= 4 is 11.9 Å². The first-order valence-electron chi connectivity index (χ1n) is 6.60. The molecule has 0 radical (unpaired) electrons. The van der Waals surface area contributed by atoms with Gasteiger partial charge >= 0.3 is 6.03 Å². The predicted octanol–water partition coefficient (Wildman–Crippen LogP) is 2.14. The molecule has 2 aromatic rings. The van der Waals surface area contributed by atoms with E-state index in [0.717, 1.165) is 11.1 Å². The number of rotatable bonds is 3. The van der Waals surface area contributed by atoms with Gasteiger partial charge in [0.25, 0.3) is 5.91 Å². The molecule has 5 heteroatoms. The Hall–Kier alpha value is -2.82. The number of carbonyl (C=O) groups is 2. The number of hydrazine groups is 1. The average Bonchev–Trinajstić information content (AvgIpc) is 2.51. The normalized spacial score (nSPS) is 9.76. The molecule has 0 bridgehead atoms. The van der Waals surface area contributed by atoms with Crippen molar-refractivity contribution in [3.63, 3.8) is 0 Å². The summed E-state index contributed by atoms with van der Waals surface area (Å²) in [5, 5.41) is 2.67. The molecule has 21 heavy (non-hydrogen) atoms. The minimum Gasteiger partial charge on any atom is -0.333 e. The summed E-state index contributed by atoms with van der Waals surface area (Å²) in [7, 11) is 0. The molecular formula is C16H17N3O2. The van der Waals surface area contributed by atoms with Crippen molar-refractivity contribution in [2.24, 2.45) is 0 Å². The lowest BCUT2D eigenvalue weighted by Crippen LogP contribution is -2.46. The van der Waals surface area contributed by atoms with Crippen LogP contribution < -0.4 is 16.2 Å². The zero-order chi connectivity index (χ0) is 15.1. The fourth-order valence-corrected chi connectivity index (χ4v) is 1.82. The lowest BCUT2D eigenvalue weighted by molar-refractivity contribution is 0.0936. The van der Waals surface area contributed by atoms with Gasteiger partial charge in [-0.15, -0.1) is 0 Å². The number of hydrogen-bond donors (Lipinski definition) is 3. The first-order chi connectivity index (χ1) is 10.1. The minimum atomic E-state index is -0.458. The molecule has 0 heterocycles. The first-order valence-corrected chi connectivity index (χ1v) is 6.60. The van der Waals surface area contributed by atoms with Gasteiger partial charge in [-0.25, -0.2) is 10.2 Å². The molecule has 0 aliphatic heterocycles. The van der Waals surface area contributed by atoms with Crippen molar-refractivity contribution in [1.82, 2.24) is 16.2 Å². The van der Waals surface area contributed by atoms with Gasteiger partial charge in [-0.1, -0.05) is 48.0 Å². The largest absolute Gasteiger partial charge is 0.333 e. The molecule has 0 saturated carbocycles. The van der Waals surface area contributed by atoms with E-state index in [0.29, 0.717) is 12.1 Å². The third-order valence-corrected chi connectivity index (χ3v) is 2.86. The van der Waals surface area contributed by atoms with Crippen LogP contribution in [0.4, 0.5) is 4.79 Å². The maximum absolute atomic E-state index is 11.7. The molecule has 0 unspecified atom stereocenters. The second kappa shape index (κ2) is 7.09. The number of nitrogens with one attached hydrogen (secondary N) is 3. The summed E-state index contributed by atoms with van der Waals surface area (Å²) < 4.78 is 0. The second-order valence-corrected chi connectivity index (χ2v) is 4.62. The summed E-state index contributed by atoms with van der Waals surface area (Å²) in [6, 6.07) is 16.0. The van der Waals surface area contributed by atoms with Crippen LogP contribution in [-0.2, 0) is 6.54 Å². The quantitative estimate of drug-likeness (QED) is 0.755. The highest BCUT2D eigenvalue weighted by molar-refractivity contribution is 5.95. The molecule has 0 fully saturated rings. The zero-order valence-electron chi connectivity index (χ0n) is 11.7. The fourth-order valence-electron chi connectivity index (χ4n) is 1.82. The summed E-state index contributed by atoms with van der Waals surface area (Å²) in [6.07, 6.45) is 0. The smallest absolute Gasteiger partial charge is 0.333 e. The van der Waals surface area contributed by atoms with Crippen molar-refractivity contribution in [1.29, 1.82) is 0 Å². The number of benzene rings is 2. The van der Waals surface area contributed by atoms with Crippen LogP contribution in [-0.4, -0.2) is 11.9 Å². The van der Waals surface area contributed by atoms with E-state index in [1.807, 2.05) is 37.3 Å². The van der Waals surface area contributed by atoms with Gasteiger partial charge in [0.2, 0.25) is 0 Å². The van der Waals surface area contributed by atoms with E-state index in [1.165, 1.54) is 0 Å². The van der Waals surface area contributed by atoms with Gasteiger partial charge in [0.05, 0.1) is 0 Å².